The highest BCUT2D eigenvalue weighted by Crippen LogP contribution is 2.15. The Morgan fingerprint density at radius 2 is 1.96 bits per heavy atom. The number of hydrogen-bond acceptors (Lipinski definition) is 4. The van der Waals surface area contributed by atoms with Gasteiger partial charge in [0.1, 0.15) is 12.4 Å². The third-order valence-electron chi connectivity index (χ3n) is 4.25. The molecule has 0 bridgehead atoms. The van der Waals surface area contributed by atoms with Crippen LogP contribution in [0.15, 0.2) is 59.5 Å². The number of amides is 1. The summed E-state index contributed by atoms with van der Waals surface area (Å²) in [5.74, 6) is 0.362. The number of imidazole rings is 1. The topological polar surface area (TPSA) is 92.7 Å². The van der Waals surface area contributed by atoms with Crippen LogP contribution in [0, 0.1) is 0 Å². The van der Waals surface area contributed by atoms with Gasteiger partial charge in [-0.1, -0.05) is 30.3 Å². The van der Waals surface area contributed by atoms with Crippen molar-refractivity contribution < 1.29 is 4.79 Å². The van der Waals surface area contributed by atoms with Gasteiger partial charge in [0.15, 0.2) is 0 Å². The van der Waals surface area contributed by atoms with Crippen molar-refractivity contribution in [2.45, 2.75) is 19.5 Å². The summed E-state index contributed by atoms with van der Waals surface area (Å²) < 4.78 is 1.17. The SMILES string of the molecule is C[C@H](NC(=O)Cn1ncc2ccccc2c1=O)c1nc2ccccc2[nH]1. The number of nitrogens with zero attached hydrogens (tertiary/aromatic N) is 3. The lowest BCUT2D eigenvalue weighted by molar-refractivity contribution is -0.122. The van der Waals surface area contributed by atoms with Gasteiger partial charge in [-0.25, -0.2) is 9.67 Å². The molecule has 1 amide bonds. The van der Waals surface area contributed by atoms with Crippen LogP contribution in [-0.4, -0.2) is 25.7 Å². The van der Waals surface area contributed by atoms with Crippen molar-refractivity contribution in [1.29, 1.82) is 0 Å². The number of nitrogens with one attached hydrogen (secondary N) is 2. The van der Waals surface area contributed by atoms with Crippen LogP contribution in [0.2, 0.25) is 0 Å². The van der Waals surface area contributed by atoms with E-state index < -0.39 is 0 Å². The van der Waals surface area contributed by atoms with E-state index in [0.717, 1.165) is 16.4 Å². The van der Waals surface area contributed by atoms with Crippen LogP contribution in [0.1, 0.15) is 18.8 Å². The molecule has 1 atom stereocenters. The van der Waals surface area contributed by atoms with E-state index >= 15 is 0 Å². The summed E-state index contributed by atoms with van der Waals surface area (Å²) in [6.45, 7) is 1.69. The highest BCUT2D eigenvalue weighted by Gasteiger charge is 2.15. The van der Waals surface area contributed by atoms with Gasteiger partial charge in [0.25, 0.3) is 5.56 Å². The summed E-state index contributed by atoms with van der Waals surface area (Å²) >= 11 is 0. The zero-order valence-corrected chi connectivity index (χ0v) is 14.1. The molecule has 7 heteroatoms. The first-order valence-corrected chi connectivity index (χ1v) is 8.31. The number of hydrogen-bond donors (Lipinski definition) is 2. The fourth-order valence-corrected chi connectivity index (χ4v) is 2.91. The summed E-state index contributed by atoms with van der Waals surface area (Å²) in [6, 6.07) is 14.5. The van der Waals surface area contributed by atoms with Crippen LogP contribution in [0.4, 0.5) is 0 Å². The number of aromatic amines is 1. The molecule has 2 aromatic heterocycles. The van der Waals surface area contributed by atoms with Crippen molar-refractivity contribution in [3.8, 4) is 0 Å². The summed E-state index contributed by atoms with van der Waals surface area (Å²) in [5, 5.41) is 8.23. The van der Waals surface area contributed by atoms with E-state index in [4.69, 9.17) is 0 Å². The van der Waals surface area contributed by atoms with Gasteiger partial charge in [-0.15, -0.1) is 0 Å². The fourth-order valence-electron chi connectivity index (χ4n) is 2.91. The second-order valence-electron chi connectivity index (χ2n) is 6.12. The van der Waals surface area contributed by atoms with E-state index in [1.807, 2.05) is 43.3 Å². The number of carbonyl (C=O) groups excluding carboxylic acids is 1. The van der Waals surface area contributed by atoms with Crippen molar-refractivity contribution in [1.82, 2.24) is 25.1 Å². The number of rotatable bonds is 4. The Kier molecular flexibility index (Phi) is 3.96. The Morgan fingerprint density at radius 1 is 1.19 bits per heavy atom. The van der Waals surface area contributed by atoms with Gasteiger partial charge in [-0.05, 0) is 25.1 Å². The van der Waals surface area contributed by atoms with Crippen LogP contribution < -0.4 is 10.9 Å². The van der Waals surface area contributed by atoms with Crippen molar-refractivity contribution in [2.24, 2.45) is 0 Å². The number of aromatic nitrogens is 4. The zero-order valence-electron chi connectivity index (χ0n) is 14.1. The van der Waals surface area contributed by atoms with E-state index in [1.54, 1.807) is 18.3 Å². The summed E-state index contributed by atoms with van der Waals surface area (Å²) in [4.78, 5) is 32.5. The molecule has 4 aromatic rings. The minimum absolute atomic E-state index is 0.145. The monoisotopic (exact) mass is 347 g/mol. The highest BCUT2D eigenvalue weighted by molar-refractivity contribution is 5.81. The molecule has 2 aromatic carbocycles. The van der Waals surface area contributed by atoms with Crippen LogP contribution in [0.3, 0.4) is 0 Å². The molecule has 0 radical (unpaired) electrons. The average molecular weight is 347 g/mol. The molecule has 2 N–H and O–H groups in total. The van der Waals surface area contributed by atoms with Gasteiger partial charge >= 0.3 is 0 Å². The molecular weight excluding hydrogens is 330 g/mol. The van der Waals surface area contributed by atoms with Crippen LogP contribution in [0.5, 0.6) is 0 Å². The zero-order chi connectivity index (χ0) is 18.1. The lowest BCUT2D eigenvalue weighted by Crippen LogP contribution is -2.35. The molecular formula is C19H17N5O2. The third kappa shape index (κ3) is 2.95. The Labute approximate surface area is 148 Å². The van der Waals surface area contributed by atoms with Crippen molar-refractivity contribution in [3.05, 3.63) is 70.9 Å². The Bertz CT molecular complexity index is 1130. The molecule has 7 nitrogen and oxygen atoms in total. The molecule has 2 heterocycles. The van der Waals surface area contributed by atoms with Gasteiger partial charge in [-0.2, -0.15) is 5.10 Å². The smallest absolute Gasteiger partial charge is 0.275 e. The first-order valence-electron chi connectivity index (χ1n) is 8.31. The number of H-pyrrole nitrogens is 1. The van der Waals surface area contributed by atoms with E-state index in [9.17, 15) is 9.59 Å². The number of fused-ring (bicyclic) bond motifs is 2. The maximum absolute atomic E-state index is 12.4. The standard InChI is InChI=1S/C19H17N5O2/c1-12(18-22-15-8-4-5-9-16(15)23-18)21-17(25)11-24-19(26)14-7-3-2-6-13(14)10-20-24/h2-10,12H,11H2,1H3,(H,21,25)(H,22,23)/t12-/m0/s1. The fraction of sp³-hybridized carbons (Fsp3) is 0.158. The van der Waals surface area contributed by atoms with Gasteiger partial charge in [-0.3, -0.25) is 9.59 Å². The van der Waals surface area contributed by atoms with E-state index in [2.05, 4.69) is 20.4 Å². The third-order valence-corrected chi connectivity index (χ3v) is 4.25. The first-order chi connectivity index (χ1) is 12.6. The Morgan fingerprint density at radius 3 is 2.81 bits per heavy atom. The molecule has 0 aliphatic rings. The lowest BCUT2D eigenvalue weighted by atomic mass is 10.2. The molecule has 130 valence electrons. The van der Waals surface area contributed by atoms with E-state index in [1.165, 1.54) is 4.68 Å². The minimum atomic E-state index is -0.314. The molecule has 4 rings (SSSR count). The van der Waals surface area contributed by atoms with Gasteiger partial charge in [0.2, 0.25) is 5.91 Å². The van der Waals surface area contributed by atoms with E-state index in [-0.39, 0.29) is 24.1 Å². The van der Waals surface area contributed by atoms with Crippen molar-refractivity contribution in [3.63, 3.8) is 0 Å². The predicted molar refractivity (Wildman–Crippen MR) is 98.7 cm³/mol. The van der Waals surface area contributed by atoms with Crippen molar-refractivity contribution >= 4 is 27.7 Å². The quantitative estimate of drug-likeness (QED) is 0.592. The van der Waals surface area contributed by atoms with Crippen molar-refractivity contribution in [2.75, 3.05) is 0 Å². The molecule has 0 aliphatic carbocycles. The largest absolute Gasteiger partial charge is 0.345 e. The maximum Gasteiger partial charge on any atom is 0.275 e. The molecule has 0 aliphatic heterocycles. The summed E-state index contributed by atoms with van der Waals surface area (Å²) in [6.07, 6.45) is 1.59. The predicted octanol–water partition coefficient (Wildman–Crippen LogP) is 2.15. The highest BCUT2D eigenvalue weighted by atomic mass is 16.2. The average Bonchev–Trinajstić information content (AvgIpc) is 3.09. The van der Waals surface area contributed by atoms with Crippen LogP contribution in [-0.2, 0) is 11.3 Å². The normalized spacial score (nSPS) is 12.3. The number of para-hydroxylation sites is 2. The summed E-state index contributed by atoms with van der Waals surface area (Å²) in [5.41, 5.74) is 1.47. The maximum atomic E-state index is 12.4. The molecule has 26 heavy (non-hydrogen) atoms. The summed E-state index contributed by atoms with van der Waals surface area (Å²) in [7, 11) is 0. The molecule has 0 saturated carbocycles. The minimum Gasteiger partial charge on any atom is -0.345 e. The van der Waals surface area contributed by atoms with Gasteiger partial charge < -0.3 is 10.3 Å². The second-order valence-corrected chi connectivity index (χ2v) is 6.12. The number of carbonyl (C=O) groups is 1. The molecule has 0 spiro atoms. The molecule has 0 unspecified atom stereocenters. The second kappa shape index (κ2) is 6.44. The number of benzene rings is 2. The molecule has 0 saturated heterocycles. The molecule has 0 fully saturated rings. The van der Waals surface area contributed by atoms with Crippen LogP contribution in [0.25, 0.3) is 21.8 Å². The Balaban J connectivity index is 1.51. The van der Waals surface area contributed by atoms with E-state index in [0.29, 0.717) is 11.2 Å². The van der Waals surface area contributed by atoms with Crippen LogP contribution >= 0.6 is 0 Å². The lowest BCUT2D eigenvalue weighted by Gasteiger charge is -2.12. The van der Waals surface area contributed by atoms with Gasteiger partial charge in [0, 0.05) is 5.39 Å². The Hall–Kier alpha value is -3.48. The first kappa shape index (κ1) is 16.0. The van der Waals surface area contributed by atoms with Gasteiger partial charge in [0.05, 0.1) is 28.7 Å².